The Balaban J connectivity index is 2.18. The number of aromatic hydroxyl groups is 1. The van der Waals surface area contributed by atoms with Crippen molar-refractivity contribution in [1.29, 1.82) is 0 Å². The Kier molecular flexibility index (Phi) is 4.81. The van der Waals surface area contributed by atoms with Gasteiger partial charge >= 0.3 is 0 Å². The number of aliphatic imine (C=N–C) groups is 1. The molecule has 132 valence electrons. The summed E-state index contributed by atoms with van der Waals surface area (Å²) in [7, 11) is 0. The van der Waals surface area contributed by atoms with E-state index in [1.54, 1.807) is 6.07 Å². The molecule has 0 aliphatic heterocycles. The topological polar surface area (TPSA) is 70.4 Å². The molecule has 3 aromatic rings. The largest absolute Gasteiger partial charge is 0.494 e. The Morgan fingerprint density at radius 1 is 1.23 bits per heavy atom. The van der Waals surface area contributed by atoms with Gasteiger partial charge in [0.2, 0.25) is 5.88 Å². The number of hydrogen-bond acceptors (Lipinski definition) is 4. The van der Waals surface area contributed by atoms with Gasteiger partial charge in [0.1, 0.15) is 11.4 Å². The van der Waals surface area contributed by atoms with Crippen LogP contribution >= 0.6 is 12.2 Å². The lowest BCUT2D eigenvalue weighted by Gasteiger charge is -2.11. The third-order valence-electron chi connectivity index (χ3n) is 3.91. The highest BCUT2D eigenvalue weighted by atomic mass is 32.1. The van der Waals surface area contributed by atoms with E-state index >= 15 is 0 Å². The first-order valence-corrected chi connectivity index (χ1v) is 8.24. The maximum atomic E-state index is 14.1. The van der Waals surface area contributed by atoms with Gasteiger partial charge in [-0.15, -0.1) is 0 Å². The van der Waals surface area contributed by atoms with Crippen LogP contribution in [0.25, 0.3) is 5.69 Å². The number of benzene rings is 2. The van der Waals surface area contributed by atoms with E-state index in [2.05, 4.69) is 9.98 Å². The molecule has 0 saturated carbocycles. The van der Waals surface area contributed by atoms with E-state index in [-0.39, 0.29) is 16.0 Å². The number of halogens is 1. The molecule has 0 spiro atoms. The van der Waals surface area contributed by atoms with E-state index < -0.39 is 17.3 Å². The monoisotopic (exact) mass is 369 g/mol. The van der Waals surface area contributed by atoms with Crippen molar-refractivity contribution in [3.8, 4) is 11.6 Å². The molecule has 0 amide bonds. The average molecular weight is 369 g/mol. The van der Waals surface area contributed by atoms with Gasteiger partial charge in [0.15, 0.2) is 4.77 Å². The Morgan fingerprint density at radius 3 is 2.69 bits per heavy atom. The minimum atomic E-state index is -0.603. The number of nitrogens with one attached hydrogen (secondary N) is 1. The number of H-pyrrole nitrogens is 1. The predicted molar refractivity (Wildman–Crippen MR) is 102 cm³/mol. The van der Waals surface area contributed by atoms with Crippen LogP contribution in [0.2, 0.25) is 0 Å². The van der Waals surface area contributed by atoms with Crippen LogP contribution in [0.3, 0.4) is 0 Å². The van der Waals surface area contributed by atoms with E-state index in [1.165, 1.54) is 24.4 Å². The summed E-state index contributed by atoms with van der Waals surface area (Å²) in [5, 5.41) is 10.5. The van der Waals surface area contributed by atoms with Crippen LogP contribution < -0.4 is 5.56 Å². The molecule has 1 aromatic heterocycles. The maximum absolute atomic E-state index is 14.1. The summed E-state index contributed by atoms with van der Waals surface area (Å²) in [5.74, 6) is -1.05. The van der Waals surface area contributed by atoms with E-state index in [0.29, 0.717) is 5.69 Å². The van der Waals surface area contributed by atoms with Crippen LogP contribution in [-0.2, 0) is 0 Å². The molecule has 0 aliphatic rings. The number of para-hydroxylation sites is 1. The molecule has 0 bridgehead atoms. The Labute approximate surface area is 154 Å². The molecule has 1 heterocycles. The second-order valence-corrected chi connectivity index (χ2v) is 6.22. The van der Waals surface area contributed by atoms with Gasteiger partial charge in [0, 0.05) is 6.21 Å². The van der Waals surface area contributed by atoms with Crippen molar-refractivity contribution in [3.63, 3.8) is 0 Å². The third-order valence-corrected chi connectivity index (χ3v) is 4.20. The first-order valence-electron chi connectivity index (χ1n) is 7.83. The molecule has 26 heavy (non-hydrogen) atoms. The summed E-state index contributed by atoms with van der Waals surface area (Å²) in [4.78, 5) is 19.0. The summed E-state index contributed by atoms with van der Waals surface area (Å²) in [6.45, 7) is 3.82. The van der Waals surface area contributed by atoms with Crippen LogP contribution in [0.5, 0.6) is 5.88 Å². The van der Waals surface area contributed by atoms with Crippen LogP contribution in [0.4, 0.5) is 10.1 Å². The van der Waals surface area contributed by atoms with Crippen molar-refractivity contribution in [2.45, 2.75) is 13.8 Å². The van der Waals surface area contributed by atoms with Gasteiger partial charge in [-0.2, -0.15) is 0 Å². The Bertz CT molecular complexity index is 1130. The van der Waals surface area contributed by atoms with E-state index in [9.17, 15) is 14.3 Å². The first-order chi connectivity index (χ1) is 12.4. The maximum Gasteiger partial charge on any atom is 0.264 e. The highest BCUT2D eigenvalue weighted by Gasteiger charge is 2.15. The van der Waals surface area contributed by atoms with Crippen LogP contribution in [0.1, 0.15) is 16.7 Å². The summed E-state index contributed by atoms with van der Waals surface area (Å²) in [5.41, 5.74) is 1.93. The zero-order valence-corrected chi connectivity index (χ0v) is 15.0. The first kappa shape index (κ1) is 17.8. The lowest BCUT2D eigenvalue weighted by Crippen LogP contribution is -2.18. The van der Waals surface area contributed by atoms with Crippen molar-refractivity contribution in [1.82, 2.24) is 9.55 Å². The van der Waals surface area contributed by atoms with Crippen LogP contribution in [0, 0.1) is 24.4 Å². The number of aromatic amines is 1. The van der Waals surface area contributed by atoms with Crippen molar-refractivity contribution in [2.24, 2.45) is 4.99 Å². The van der Waals surface area contributed by atoms with E-state index in [4.69, 9.17) is 12.2 Å². The van der Waals surface area contributed by atoms with Gasteiger partial charge in [-0.25, -0.2) is 4.39 Å². The number of nitrogens with zero attached hydrogens (tertiary/aromatic N) is 2. The lowest BCUT2D eigenvalue weighted by molar-refractivity contribution is 0.429. The lowest BCUT2D eigenvalue weighted by atomic mass is 10.1. The van der Waals surface area contributed by atoms with Crippen molar-refractivity contribution in [2.75, 3.05) is 0 Å². The zero-order valence-electron chi connectivity index (χ0n) is 14.2. The molecule has 0 radical (unpaired) electrons. The van der Waals surface area contributed by atoms with E-state index in [1.807, 2.05) is 32.0 Å². The summed E-state index contributed by atoms with van der Waals surface area (Å²) < 4.78 is 15.1. The van der Waals surface area contributed by atoms with Crippen molar-refractivity contribution in [3.05, 3.63) is 80.1 Å². The molecule has 0 aliphatic carbocycles. The quantitative estimate of drug-likeness (QED) is 0.539. The normalized spacial score (nSPS) is 11.2. The van der Waals surface area contributed by atoms with Gasteiger partial charge < -0.3 is 5.11 Å². The Morgan fingerprint density at radius 2 is 1.96 bits per heavy atom. The molecule has 0 atom stereocenters. The highest BCUT2D eigenvalue weighted by molar-refractivity contribution is 7.71. The number of rotatable bonds is 3. The predicted octanol–water partition coefficient (Wildman–Crippen LogP) is 4.11. The summed E-state index contributed by atoms with van der Waals surface area (Å²) >= 11 is 5.08. The minimum absolute atomic E-state index is 0.0348. The average Bonchev–Trinajstić information content (AvgIpc) is 2.59. The van der Waals surface area contributed by atoms with Gasteiger partial charge in [-0.3, -0.25) is 19.3 Å². The Hall–Kier alpha value is -3.06. The van der Waals surface area contributed by atoms with Crippen molar-refractivity contribution < 1.29 is 9.50 Å². The molecule has 2 N–H and O–H groups in total. The highest BCUT2D eigenvalue weighted by Crippen LogP contribution is 2.23. The van der Waals surface area contributed by atoms with Crippen LogP contribution in [0.15, 0.2) is 52.3 Å². The standard InChI is InChI=1S/C19H16FN3O2S/c1-11-7-8-12(2)15(9-11)21-10-13-17(24)22-19(26)23(18(13)25)16-6-4-3-5-14(16)20/h3-10,25H,1-2H3,(H,22,24,26). The molecule has 2 aromatic carbocycles. The van der Waals surface area contributed by atoms with Gasteiger partial charge in [-0.05, 0) is 55.4 Å². The van der Waals surface area contributed by atoms with Gasteiger partial charge in [0.25, 0.3) is 5.56 Å². The molecule has 0 fully saturated rings. The molecule has 7 heteroatoms. The summed E-state index contributed by atoms with van der Waals surface area (Å²) in [6.07, 6.45) is 1.25. The fraction of sp³-hybridized carbons (Fsp3) is 0.105. The molecular weight excluding hydrogens is 353 g/mol. The fourth-order valence-corrected chi connectivity index (χ4v) is 2.78. The molecular formula is C19H16FN3O2S. The number of hydrogen-bond donors (Lipinski definition) is 2. The number of aryl methyl sites for hydroxylation is 2. The smallest absolute Gasteiger partial charge is 0.264 e. The third kappa shape index (κ3) is 3.34. The second kappa shape index (κ2) is 7.05. The zero-order chi connectivity index (χ0) is 18.8. The van der Waals surface area contributed by atoms with Crippen molar-refractivity contribution >= 4 is 24.1 Å². The number of aromatic nitrogens is 2. The second-order valence-electron chi connectivity index (χ2n) is 5.83. The molecule has 0 saturated heterocycles. The SMILES string of the molecule is Cc1ccc(C)c(N=Cc2c(O)n(-c3ccccc3F)c(=S)[nH]c2=O)c1. The molecule has 3 rings (SSSR count). The molecule has 5 nitrogen and oxygen atoms in total. The van der Waals surface area contributed by atoms with E-state index in [0.717, 1.165) is 15.7 Å². The minimum Gasteiger partial charge on any atom is -0.494 e. The van der Waals surface area contributed by atoms with Crippen LogP contribution in [-0.4, -0.2) is 20.9 Å². The molecule has 0 unspecified atom stereocenters. The fourth-order valence-electron chi connectivity index (χ4n) is 2.50. The van der Waals surface area contributed by atoms with Gasteiger partial charge in [-0.1, -0.05) is 24.3 Å². The summed E-state index contributed by atoms with van der Waals surface area (Å²) in [6, 6.07) is 11.6. The van der Waals surface area contributed by atoms with Gasteiger partial charge in [0.05, 0.1) is 11.4 Å².